The molecule has 1 aliphatic carbocycles. The van der Waals surface area contributed by atoms with Gasteiger partial charge >= 0.3 is 0 Å². The SMILES string of the molecule is OC1CCC2CN(Cc3cn4cc(Cl)ccc4n3)CC12. The van der Waals surface area contributed by atoms with Gasteiger partial charge in [-0.3, -0.25) is 4.90 Å². The topological polar surface area (TPSA) is 40.8 Å². The minimum atomic E-state index is -0.0927. The van der Waals surface area contributed by atoms with Crippen molar-refractivity contribution >= 4 is 17.2 Å². The largest absolute Gasteiger partial charge is 0.393 e. The molecule has 0 radical (unpaired) electrons. The van der Waals surface area contributed by atoms with E-state index >= 15 is 0 Å². The average molecular weight is 292 g/mol. The van der Waals surface area contributed by atoms with Crippen LogP contribution in [-0.4, -0.2) is 38.6 Å². The highest BCUT2D eigenvalue weighted by Gasteiger charge is 2.41. The average Bonchev–Trinajstić information content (AvgIpc) is 3.06. The van der Waals surface area contributed by atoms with Crippen LogP contribution in [0.5, 0.6) is 0 Å². The number of aliphatic hydroxyl groups excluding tert-OH is 1. The van der Waals surface area contributed by atoms with E-state index in [1.54, 1.807) is 0 Å². The van der Waals surface area contributed by atoms with E-state index in [4.69, 9.17) is 11.6 Å². The van der Waals surface area contributed by atoms with Gasteiger partial charge in [0.25, 0.3) is 0 Å². The maximum absolute atomic E-state index is 9.97. The van der Waals surface area contributed by atoms with Gasteiger partial charge in [-0.25, -0.2) is 4.98 Å². The van der Waals surface area contributed by atoms with Crippen LogP contribution in [0.3, 0.4) is 0 Å². The van der Waals surface area contributed by atoms with E-state index in [1.807, 2.05) is 28.9 Å². The Bertz CT molecular complexity index is 641. The fourth-order valence-electron chi connectivity index (χ4n) is 3.78. The highest BCUT2D eigenvalue weighted by Crippen LogP contribution is 2.38. The number of hydrogen-bond donors (Lipinski definition) is 1. The van der Waals surface area contributed by atoms with Crippen LogP contribution in [0.25, 0.3) is 5.65 Å². The maximum Gasteiger partial charge on any atom is 0.137 e. The van der Waals surface area contributed by atoms with Gasteiger partial charge in [-0.1, -0.05) is 11.6 Å². The Kier molecular flexibility index (Phi) is 2.98. The molecule has 3 atom stereocenters. The second-order valence-electron chi connectivity index (χ2n) is 6.11. The molecule has 2 aliphatic rings. The van der Waals surface area contributed by atoms with Crippen molar-refractivity contribution in [3.8, 4) is 0 Å². The highest BCUT2D eigenvalue weighted by molar-refractivity contribution is 6.30. The number of fused-ring (bicyclic) bond motifs is 2. The second kappa shape index (κ2) is 4.72. The van der Waals surface area contributed by atoms with Gasteiger partial charge in [0.15, 0.2) is 0 Å². The Hall–Kier alpha value is -1.10. The zero-order chi connectivity index (χ0) is 13.7. The molecule has 0 amide bonds. The number of aliphatic hydroxyl groups is 1. The van der Waals surface area contributed by atoms with Crippen molar-refractivity contribution in [2.24, 2.45) is 11.8 Å². The number of rotatable bonds is 2. The van der Waals surface area contributed by atoms with Crippen LogP contribution in [0.1, 0.15) is 18.5 Å². The Morgan fingerprint density at radius 2 is 2.15 bits per heavy atom. The van der Waals surface area contributed by atoms with E-state index in [9.17, 15) is 5.11 Å². The van der Waals surface area contributed by atoms with Gasteiger partial charge in [-0.2, -0.15) is 0 Å². The Labute approximate surface area is 123 Å². The smallest absolute Gasteiger partial charge is 0.137 e. The lowest BCUT2D eigenvalue weighted by atomic mass is 10.00. The summed E-state index contributed by atoms with van der Waals surface area (Å²) in [6.07, 6.45) is 5.99. The lowest BCUT2D eigenvalue weighted by molar-refractivity contribution is 0.123. The predicted molar refractivity (Wildman–Crippen MR) is 77.7 cm³/mol. The van der Waals surface area contributed by atoms with Crippen molar-refractivity contribution in [3.63, 3.8) is 0 Å². The lowest BCUT2D eigenvalue weighted by Gasteiger charge is -2.16. The first-order valence-corrected chi connectivity index (χ1v) is 7.60. The zero-order valence-electron chi connectivity index (χ0n) is 11.2. The van der Waals surface area contributed by atoms with Crippen LogP contribution in [0, 0.1) is 11.8 Å². The Balaban J connectivity index is 1.51. The van der Waals surface area contributed by atoms with Crippen LogP contribution >= 0.6 is 11.6 Å². The second-order valence-corrected chi connectivity index (χ2v) is 6.54. The first-order valence-electron chi connectivity index (χ1n) is 7.22. The van der Waals surface area contributed by atoms with E-state index in [2.05, 4.69) is 9.88 Å². The molecule has 2 aromatic heterocycles. The number of imidazole rings is 1. The molecule has 4 rings (SSSR count). The molecule has 3 unspecified atom stereocenters. The van der Waals surface area contributed by atoms with Gasteiger partial charge < -0.3 is 9.51 Å². The molecule has 0 aromatic carbocycles. The molecule has 5 heteroatoms. The predicted octanol–water partition coefficient (Wildman–Crippen LogP) is 2.19. The van der Waals surface area contributed by atoms with Gasteiger partial charge in [0, 0.05) is 37.9 Å². The Morgan fingerprint density at radius 3 is 3.00 bits per heavy atom. The van der Waals surface area contributed by atoms with Crippen LogP contribution in [0.2, 0.25) is 5.02 Å². The monoisotopic (exact) mass is 291 g/mol. The third kappa shape index (κ3) is 2.12. The van der Waals surface area contributed by atoms with Crippen molar-refractivity contribution in [2.45, 2.75) is 25.5 Å². The third-order valence-corrected chi connectivity index (χ3v) is 4.97. The minimum absolute atomic E-state index is 0.0927. The van der Waals surface area contributed by atoms with E-state index in [-0.39, 0.29) is 6.10 Å². The quantitative estimate of drug-likeness (QED) is 0.922. The minimum Gasteiger partial charge on any atom is -0.393 e. The number of likely N-dealkylation sites (tertiary alicyclic amines) is 1. The third-order valence-electron chi connectivity index (χ3n) is 4.75. The zero-order valence-corrected chi connectivity index (χ0v) is 12.0. The van der Waals surface area contributed by atoms with Crippen molar-refractivity contribution < 1.29 is 5.11 Å². The van der Waals surface area contributed by atoms with Gasteiger partial charge in [0.05, 0.1) is 16.8 Å². The molecule has 2 aromatic rings. The molecular formula is C15H18ClN3O. The van der Waals surface area contributed by atoms with E-state index in [1.165, 1.54) is 6.42 Å². The van der Waals surface area contributed by atoms with Gasteiger partial charge in [0.2, 0.25) is 0 Å². The fourth-order valence-corrected chi connectivity index (χ4v) is 3.95. The summed E-state index contributed by atoms with van der Waals surface area (Å²) in [6, 6.07) is 3.80. The number of halogens is 1. The normalized spacial score (nSPS) is 30.2. The van der Waals surface area contributed by atoms with Gasteiger partial charge in [0.1, 0.15) is 5.65 Å². The molecule has 0 bridgehead atoms. The summed E-state index contributed by atoms with van der Waals surface area (Å²) < 4.78 is 1.98. The maximum atomic E-state index is 9.97. The number of hydrogen-bond acceptors (Lipinski definition) is 3. The summed E-state index contributed by atoms with van der Waals surface area (Å²) in [5, 5.41) is 10.7. The molecule has 1 saturated heterocycles. The molecule has 1 N–H and O–H groups in total. The lowest BCUT2D eigenvalue weighted by Crippen LogP contribution is -2.24. The van der Waals surface area contributed by atoms with Crippen LogP contribution in [0.15, 0.2) is 24.5 Å². The molecule has 20 heavy (non-hydrogen) atoms. The van der Waals surface area contributed by atoms with Crippen LogP contribution in [0.4, 0.5) is 0 Å². The van der Waals surface area contributed by atoms with Crippen molar-refractivity contribution in [3.05, 3.63) is 35.2 Å². The van der Waals surface area contributed by atoms with Crippen LogP contribution in [-0.2, 0) is 6.54 Å². The standard InChI is InChI=1S/C15H18ClN3O/c16-11-2-4-15-17-12(8-19(15)6-11)7-18-5-10-1-3-14(20)13(10)9-18/h2,4,6,8,10,13-14,20H,1,3,5,7,9H2. The molecular weight excluding hydrogens is 274 g/mol. The number of pyridine rings is 1. The van der Waals surface area contributed by atoms with Gasteiger partial charge in [-0.05, 0) is 30.9 Å². The first-order chi connectivity index (χ1) is 9.69. The van der Waals surface area contributed by atoms with E-state index in [0.717, 1.165) is 42.4 Å². The number of nitrogens with zero attached hydrogens (tertiary/aromatic N) is 3. The highest BCUT2D eigenvalue weighted by atomic mass is 35.5. The summed E-state index contributed by atoms with van der Waals surface area (Å²) >= 11 is 5.99. The summed E-state index contributed by atoms with van der Waals surface area (Å²) in [7, 11) is 0. The van der Waals surface area contributed by atoms with E-state index in [0.29, 0.717) is 11.8 Å². The molecule has 1 aliphatic heterocycles. The molecule has 0 spiro atoms. The van der Waals surface area contributed by atoms with Crippen molar-refractivity contribution in [1.82, 2.24) is 14.3 Å². The fraction of sp³-hybridized carbons (Fsp3) is 0.533. The number of aromatic nitrogens is 2. The molecule has 4 nitrogen and oxygen atoms in total. The molecule has 3 heterocycles. The Morgan fingerprint density at radius 1 is 1.25 bits per heavy atom. The summed E-state index contributed by atoms with van der Waals surface area (Å²) in [5.74, 6) is 1.15. The van der Waals surface area contributed by atoms with E-state index < -0.39 is 0 Å². The van der Waals surface area contributed by atoms with Crippen molar-refractivity contribution in [1.29, 1.82) is 0 Å². The van der Waals surface area contributed by atoms with Gasteiger partial charge in [-0.15, -0.1) is 0 Å². The van der Waals surface area contributed by atoms with Crippen LogP contribution < -0.4 is 0 Å². The summed E-state index contributed by atoms with van der Waals surface area (Å²) in [6.45, 7) is 2.95. The van der Waals surface area contributed by atoms with Crippen molar-refractivity contribution in [2.75, 3.05) is 13.1 Å². The summed E-state index contributed by atoms with van der Waals surface area (Å²) in [4.78, 5) is 7.05. The molecule has 2 fully saturated rings. The first kappa shape index (κ1) is 12.6. The molecule has 1 saturated carbocycles. The molecule has 106 valence electrons. The summed E-state index contributed by atoms with van der Waals surface area (Å²) in [5.41, 5.74) is 2.01.